The van der Waals surface area contributed by atoms with Gasteiger partial charge >= 0.3 is 0 Å². The maximum Gasteiger partial charge on any atom is 0.185 e. The van der Waals surface area contributed by atoms with E-state index in [9.17, 15) is 9.90 Å². The maximum atomic E-state index is 12.9. The second kappa shape index (κ2) is 7.59. The minimum atomic E-state index is -0.150. The molecule has 2 aromatic rings. The van der Waals surface area contributed by atoms with Crippen molar-refractivity contribution in [3.05, 3.63) is 64.7 Å². The molecule has 0 heterocycles. The molecule has 144 valence electrons. The summed E-state index contributed by atoms with van der Waals surface area (Å²) in [5, 5.41) is 9.37. The normalized spacial score (nSPS) is 12.4. The highest BCUT2D eigenvalue weighted by molar-refractivity contribution is 6.07. The Kier molecular flexibility index (Phi) is 5.84. The summed E-state index contributed by atoms with van der Waals surface area (Å²) in [6.45, 7) is 12.7. The van der Waals surface area contributed by atoms with E-state index in [0.717, 1.165) is 22.4 Å². The maximum absolute atomic E-state index is 12.9. The second-order valence-corrected chi connectivity index (χ2v) is 8.89. The number of benzene rings is 2. The Morgan fingerprint density at radius 1 is 0.926 bits per heavy atom. The molecule has 0 bridgehead atoms. The van der Waals surface area contributed by atoms with Crippen LogP contribution in [0.15, 0.2) is 42.5 Å². The topological polar surface area (TPSA) is 46.5 Å². The van der Waals surface area contributed by atoms with Gasteiger partial charge in [0.25, 0.3) is 0 Å². The van der Waals surface area contributed by atoms with Crippen molar-refractivity contribution in [2.24, 2.45) is 0 Å². The Balaban J connectivity index is 2.52. The monoisotopic (exact) mass is 366 g/mol. The van der Waals surface area contributed by atoms with Crippen molar-refractivity contribution in [3.63, 3.8) is 0 Å². The molecule has 0 radical (unpaired) electrons. The molecule has 0 aliphatic rings. The highest BCUT2D eigenvalue weighted by atomic mass is 16.5. The van der Waals surface area contributed by atoms with Crippen LogP contribution < -0.4 is 4.74 Å². The molecule has 2 aromatic carbocycles. The van der Waals surface area contributed by atoms with E-state index in [4.69, 9.17) is 4.74 Å². The zero-order chi connectivity index (χ0) is 20.4. The van der Waals surface area contributed by atoms with E-state index in [-0.39, 0.29) is 22.4 Å². The first-order chi connectivity index (χ1) is 12.4. The van der Waals surface area contributed by atoms with Crippen LogP contribution in [0.5, 0.6) is 11.5 Å². The number of phenols is 1. The van der Waals surface area contributed by atoms with Crippen LogP contribution in [-0.4, -0.2) is 18.0 Å². The molecular formula is C24H30O3. The molecule has 0 fully saturated rings. The van der Waals surface area contributed by atoms with Gasteiger partial charge in [-0.2, -0.15) is 0 Å². The molecule has 3 nitrogen and oxygen atoms in total. The van der Waals surface area contributed by atoms with E-state index < -0.39 is 0 Å². The van der Waals surface area contributed by atoms with Gasteiger partial charge < -0.3 is 9.84 Å². The van der Waals surface area contributed by atoms with E-state index >= 15 is 0 Å². The lowest BCUT2D eigenvalue weighted by Gasteiger charge is -2.29. The van der Waals surface area contributed by atoms with Crippen molar-refractivity contribution in [3.8, 4) is 11.5 Å². The predicted octanol–water partition coefficient (Wildman–Crippen LogP) is 5.89. The number of carbonyl (C=O) groups is 1. The van der Waals surface area contributed by atoms with Crippen molar-refractivity contribution in [1.29, 1.82) is 0 Å². The molecule has 2 rings (SSSR count). The average molecular weight is 367 g/mol. The van der Waals surface area contributed by atoms with Crippen LogP contribution in [0.3, 0.4) is 0 Å². The SMILES string of the molecule is COc1c(C(C)(C)C)cc(C(=O)C=Cc2ccc(O)cc2)cc1C(C)(C)C. The number of aromatic hydroxyl groups is 1. The molecule has 0 unspecified atom stereocenters. The third-order valence-corrected chi connectivity index (χ3v) is 4.51. The minimum absolute atomic E-state index is 0.0540. The predicted molar refractivity (Wildman–Crippen MR) is 112 cm³/mol. The van der Waals surface area contributed by atoms with Crippen LogP contribution >= 0.6 is 0 Å². The average Bonchev–Trinajstić information content (AvgIpc) is 2.58. The zero-order valence-corrected chi connectivity index (χ0v) is 17.4. The Morgan fingerprint density at radius 3 is 1.81 bits per heavy atom. The molecule has 0 spiro atoms. The van der Waals surface area contributed by atoms with Crippen molar-refractivity contribution in [1.82, 2.24) is 0 Å². The van der Waals surface area contributed by atoms with Gasteiger partial charge in [0.15, 0.2) is 5.78 Å². The summed E-state index contributed by atoms with van der Waals surface area (Å²) in [6, 6.07) is 10.6. The van der Waals surface area contributed by atoms with Crippen LogP contribution in [0.2, 0.25) is 0 Å². The number of ketones is 1. The van der Waals surface area contributed by atoms with Gasteiger partial charge in [-0.05, 0) is 46.7 Å². The smallest absolute Gasteiger partial charge is 0.185 e. The molecular weight excluding hydrogens is 336 g/mol. The van der Waals surface area contributed by atoms with Crippen LogP contribution in [0.25, 0.3) is 6.08 Å². The molecule has 0 aliphatic carbocycles. The number of carbonyl (C=O) groups excluding carboxylic acids is 1. The van der Waals surface area contributed by atoms with E-state index in [2.05, 4.69) is 41.5 Å². The fourth-order valence-electron chi connectivity index (χ4n) is 2.96. The van der Waals surface area contributed by atoms with Gasteiger partial charge in [-0.1, -0.05) is 59.8 Å². The summed E-state index contributed by atoms with van der Waals surface area (Å²) < 4.78 is 5.75. The van der Waals surface area contributed by atoms with Gasteiger partial charge in [0.05, 0.1) is 7.11 Å². The fraction of sp³-hybridized carbons (Fsp3) is 0.375. The molecule has 0 aromatic heterocycles. The first-order valence-corrected chi connectivity index (χ1v) is 9.18. The highest BCUT2D eigenvalue weighted by Crippen LogP contribution is 2.40. The van der Waals surface area contributed by atoms with Gasteiger partial charge in [0.1, 0.15) is 11.5 Å². The van der Waals surface area contributed by atoms with Crippen LogP contribution in [0.1, 0.15) is 68.6 Å². The Morgan fingerprint density at radius 2 is 1.41 bits per heavy atom. The molecule has 1 N–H and O–H groups in total. The van der Waals surface area contributed by atoms with Crippen molar-refractivity contribution >= 4 is 11.9 Å². The number of ether oxygens (including phenoxy) is 1. The fourth-order valence-corrected chi connectivity index (χ4v) is 2.96. The van der Waals surface area contributed by atoms with Gasteiger partial charge in [0, 0.05) is 16.7 Å². The highest BCUT2D eigenvalue weighted by Gasteiger charge is 2.28. The van der Waals surface area contributed by atoms with Gasteiger partial charge in [0.2, 0.25) is 0 Å². The number of methoxy groups -OCH3 is 1. The van der Waals surface area contributed by atoms with E-state index in [0.29, 0.717) is 5.56 Å². The summed E-state index contributed by atoms with van der Waals surface area (Å²) in [7, 11) is 1.69. The third-order valence-electron chi connectivity index (χ3n) is 4.51. The molecule has 27 heavy (non-hydrogen) atoms. The molecule has 0 saturated heterocycles. The van der Waals surface area contributed by atoms with Gasteiger partial charge in [-0.25, -0.2) is 0 Å². The van der Waals surface area contributed by atoms with Crippen LogP contribution in [-0.2, 0) is 10.8 Å². The number of hydrogen-bond acceptors (Lipinski definition) is 3. The van der Waals surface area contributed by atoms with E-state index in [1.807, 2.05) is 12.1 Å². The second-order valence-electron chi connectivity index (χ2n) is 8.89. The molecule has 0 saturated carbocycles. The Labute approximate surface area is 162 Å². The first kappa shape index (κ1) is 20.8. The molecule has 0 aliphatic heterocycles. The van der Waals surface area contributed by atoms with Crippen LogP contribution in [0.4, 0.5) is 0 Å². The molecule has 0 amide bonds. The summed E-state index contributed by atoms with van der Waals surface area (Å²) >= 11 is 0. The van der Waals surface area contributed by atoms with E-state index in [1.165, 1.54) is 0 Å². The Hall–Kier alpha value is -2.55. The largest absolute Gasteiger partial charge is 0.508 e. The van der Waals surface area contributed by atoms with Crippen molar-refractivity contribution in [2.75, 3.05) is 7.11 Å². The number of hydrogen-bond donors (Lipinski definition) is 1. The van der Waals surface area contributed by atoms with Gasteiger partial charge in [-0.3, -0.25) is 4.79 Å². The standard InChI is InChI=1S/C24H30O3/c1-23(2,3)19-14-17(15-20(22(19)27-7)24(4,5)6)21(26)13-10-16-8-11-18(25)12-9-16/h8-15,25H,1-7H3. The lowest BCUT2D eigenvalue weighted by atomic mass is 9.78. The summed E-state index contributed by atoms with van der Waals surface area (Å²) in [4.78, 5) is 12.9. The summed E-state index contributed by atoms with van der Waals surface area (Å²) in [6.07, 6.45) is 3.34. The lowest BCUT2D eigenvalue weighted by Crippen LogP contribution is -2.20. The van der Waals surface area contributed by atoms with Crippen molar-refractivity contribution < 1.29 is 14.6 Å². The quantitative estimate of drug-likeness (QED) is 0.542. The first-order valence-electron chi connectivity index (χ1n) is 9.18. The third kappa shape index (κ3) is 5.00. The molecule has 0 atom stereocenters. The van der Waals surface area contributed by atoms with E-state index in [1.54, 1.807) is 43.5 Å². The van der Waals surface area contributed by atoms with Crippen molar-refractivity contribution in [2.45, 2.75) is 52.4 Å². The number of rotatable bonds is 4. The zero-order valence-electron chi connectivity index (χ0n) is 17.4. The number of phenolic OH excluding ortho intramolecular Hbond substituents is 1. The lowest BCUT2D eigenvalue weighted by molar-refractivity contribution is 0.104. The Bertz CT molecular complexity index is 810. The summed E-state index contributed by atoms with van der Waals surface area (Å²) in [5.74, 6) is 1.01. The minimum Gasteiger partial charge on any atom is -0.508 e. The number of allylic oxidation sites excluding steroid dienone is 1. The summed E-state index contributed by atoms with van der Waals surface area (Å²) in [5.41, 5.74) is 3.27. The van der Waals surface area contributed by atoms with Gasteiger partial charge in [-0.15, -0.1) is 0 Å². The molecule has 3 heteroatoms. The van der Waals surface area contributed by atoms with Crippen LogP contribution in [0, 0.1) is 0 Å².